The second-order valence-corrected chi connectivity index (χ2v) is 8.74. The van der Waals surface area contributed by atoms with Crippen molar-refractivity contribution in [2.45, 2.75) is 18.9 Å². The van der Waals surface area contributed by atoms with E-state index in [4.69, 9.17) is 0 Å². The molecule has 3 aromatic heterocycles. The fourth-order valence-corrected chi connectivity index (χ4v) is 4.57. The first-order valence-corrected chi connectivity index (χ1v) is 11.6. The Morgan fingerprint density at radius 1 is 0.971 bits per heavy atom. The lowest BCUT2D eigenvalue weighted by molar-refractivity contribution is 0.0621. The number of rotatable bonds is 5. The summed E-state index contributed by atoms with van der Waals surface area (Å²) in [5.74, 6) is -0.844. The lowest BCUT2D eigenvalue weighted by Crippen LogP contribution is -2.49. The van der Waals surface area contributed by atoms with Crippen molar-refractivity contribution < 1.29 is 14.0 Å². The molecule has 1 aliphatic heterocycles. The molecule has 4 aromatic rings. The molecule has 6 rings (SSSR count). The summed E-state index contributed by atoms with van der Waals surface area (Å²) >= 11 is 0. The van der Waals surface area contributed by atoms with Gasteiger partial charge in [0.1, 0.15) is 11.5 Å². The number of amides is 2. The zero-order chi connectivity index (χ0) is 23.9. The van der Waals surface area contributed by atoms with Gasteiger partial charge in [0.2, 0.25) is 5.82 Å². The number of nitrogens with zero attached hydrogens (tertiary/aromatic N) is 6. The number of carbonyl (C=O) groups excluding carboxylic acids is 2. The molecule has 0 bridgehead atoms. The van der Waals surface area contributed by atoms with Crippen LogP contribution >= 0.6 is 0 Å². The van der Waals surface area contributed by atoms with Crippen LogP contribution in [0.1, 0.15) is 33.9 Å². The minimum atomic E-state index is -0.554. The van der Waals surface area contributed by atoms with Crippen LogP contribution in [0.4, 0.5) is 10.2 Å². The van der Waals surface area contributed by atoms with Gasteiger partial charge in [-0.3, -0.25) is 29.7 Å². The molecule has 1 aromatic carbocycles. The molecule has 0 unspecified atom stereocenters. The van der Waals surface area contributed by atoms with E-state index >= 15 is 0 Å². The summed E-state index contributed by atoms with van der Waals surface area (Å²) in [6, 6.07) is 10.0. The van der Waals surface area contributed by atoms with E-state index in [2.05, 4.69) is 30.7 Å². The van der Waals surface area contributed by atoms with E-state index in [1.165, 1.54) is 37.4 Å². The number of nitrogens with one attached hydrogen (secondary N) is 2. The molecule has 0 radical (unpaired) electrons. The van der Waals surface area contributed by atoms with Crippen LogP contribution in [0, 0.1) is 5.82 Å². The second kappa shape index (κ2) is 8.58. The maximum absolute atomic E-state index is 14.1. The molecular formula is C24H23FN8O2. The van der Waals surface area contributed by atoms with E-state index in [1.54, 1.807) is 28.7 Å². The number of aromatic nitrogens is 4. The van der Waals surface area contributed by atoms with Gasteiger partial charge in [-0.05, 0) is 43.2 Å². The van der Waals surface area contributed by atoms with Gasteiger partial charge in [0, 0.05) is 50.7 Å². The molecule has 1 saturated heterocycles. The smallest absolute Gasteiger partial charge is 0.307 e. The highest BCUT2D eigenvalue weighted by Crippen LogP contribution is 2.29. The van der Waals surface area contributed by atoms with Gasteiger partial charge < -0.3 is 4.90 Å². The normalized spacial score (nSPS) is 16.5. The van der Waals surface area contributed by atoms with Crippen LogP contribution in [0.5, 0.6) is 0 Å². The van der Waals surface area contributed by atoms with Crippen molar-refractivity contribution in [3.63, 3.8) is 0 Å². The highest BCUT2D eigenvalue weighted by molar-refractivity contribution is 5.98. The van der Waals surface area contributed by atoms with Gasteiger partial charge in [-0.2, -0.15) is 0 Å². The van der Waals surface area contributed by atoms with Crippen LogP contribution in [0.15, 0.2) is 48.8 Å². The molecule has 2 fully saturated rings. The molecular weight excluding hydrogens is 451 g/mol. The van der Waals surface area contributed by atoms with E-state index in [1.807, 2.05) is 4.90 Å². The summed E-state index contributed by atoms with van der Waals surface area (Å²) in [6.45, 7) is 3.07. The van der Waals surface area contributed by atoms with Crippen LogP contribution < -0.4 is 10.9 Å². The number of halogens is 1. The predicted octanol–water partition coefficient (Wildman–Crippen LogP) is 2.09. The molecule has 1 aliphatic carbocycles. The van der Waals surface area contributed by atoms with Crippen LogP contribution in [-0.2, 0) is 0 Å². The Balaban J connectivity index is 1.34. The van der Waals surface area contributed by atoms with Gasteiger partial charge >= 0.3 is 5.91 Å². The first-order valence-electron chi connectivity index (χ1n) is 11.6. The van der Waals surface area contributed by atoms with Crippen molar-refractivity contribution in [1.29, 1.82) is 0 Å². The lowest BCUT2D eigenvalue weighted by Gasteiger charge is -2.34. The summed E-state index contributed by atoms with van der Waals surface area (Å²) < 4.78 is 15.8. The highest BCUT2D eigenvalue weighted by atomic mass is 19.1. The van der Waals surface area contributed by atoms with Gasteiger partial charge in [0.05, 0.1) is 16.6 Å². The van der Waals surface area contributed by atoms with E-state index in [-0.39, 0.29) is 17.5 Å². The third kappa shape index (κ3) is 4.03. The number of anilines is 1. The van der Waals surface area contributed by atoms with Crippen molar-refractivity contribution in [2.24, 2.45) is 0 Å². The Morgan fingerprint density at radius 3 is 2.46 bits per heavy atom. The summed E-state index contributed by atoms with van der Waals surface area (Å²) in [5, 5.41) is 0. The van der Waals surface area contributed by atoms with E-state index in [0.29, 0.717) is 41.4 Å². The number of carbonyl (C=O) groups is 2. The van der Waals surface area contributed by atoms with Crippen LogP contribution in [0.25, 0.3) is 16.6 Å². The molecule has 2 N–H and O–H groups in total. The SMILES string of the molecule is O=C(NNc1nc2cc(F)ccc2n2c(C(=O)N3CCN(C4CC4)CC3)ccc12)c1ncccn1. The maximum atomic E-state index is 14.1. The lowest BCUT2D eigenvalue weighted by atomic mass is 10.2. The third-order valence-electron chi connectivity index (χ3n) is 6.48. The van der Waals surface area contributed by atoms with Crippen molar-refractivity contribution >= 4 is 34.2 Å². The molecule has 11 heteroatoms. The molecule has 0 spiro atoms. The van der Waals surface area contributed by atoms with E-state index < -0.39 is 11.7 Å². The van der Waals surface area contributed by atoms with Crippen molar-refractivity contribution in [1.82, 2.24) is 34.6 Å². The second-order valence-electron chi connectivity index (χ2n) is 8.74. The Hall–Kier alpha value is -4.12. The Kier molecular flexibility index (Phi) is 5.25. The standard InChI is InChI=1S/C24H23FN8O2/c25-15-2-5-18-17(14-15)28-21(29-30-23(34)22-26-8-1-9-27-22)19-6-7-20(33(18)19)24(35)32-12-10-31(11-13-32)16-3-4-16/h1-2,5-9,14,16H,3-4,10-13H2,(H,28,29)(H,30,34). The monoisotopic (exact) mass is 474 g/mol. The third-order valence-corrected chi connectivity index (χ3v) is 6.48. The molecule has 2 aliphatic rings. The Morgan fingerprint density at radius 2 is 1.71 bits per heavy atom. The highest BCUT2D eigenvalue weighted by Gasteiger charge is 2.33. The minimum Gasteiger partial charge on any atom is -0.335 e. The van der Waals surface area contributed by atoms with E-state index in [9.17, 15) is 14.0 Å². The summed E-state index contributed by atoms with van der Waals surface area (Å²) in [7, 11) is 0. The van der Waals surface area contributed by atoms with Gasteiger partial charge in [-0.25, -0.2) is 19.3 Å². The number of piperazine rings is 1. The number of benzene rings is 1. The summed E-state index contributed by atoms with van der Waals surface area (Å²) in [5.41, 5.74) is 7.27. The van der Waals surface area contributed by atoms with Gasteiger partial charge in [-0.15, -0.1) is 0 Å². The average Bonchev–Trinajstić information content (AvgIpc) is 3.65. The largest absolute Gasteiger partial charge is 0.335 e. The minimum absolute atomic E-state index is 0.0144. The Bertz CT molecular complexity index is 1430. The average molecular weight is 475 g/mol. The summed E-state index contributed by atoms with van der Waals surface area (Å²) in [6.07, 6.45) is 5.42. The molecule has 4 heterocycles. The fourth-order valence-electron chi connectivity index (χ4n) is 4.57. The number of hydrogen-bond donors (Lipinski definition) is 2. The number of fused-ring (bicyclic) bond motifs is 3. The molecule has 2 amide bonds. The molecule has 10 nitrogen and oxygen atoms in total. The van der Waals surface area contributed by atoms with Gasteiger partial charge in [0.25, 0.3) is 5.91 Å². The Labute approximate surface area is 199 Å². The fraction of sp³-hybridized carbons (Fsp3) is 0.292. The first-order chi connectivity index (χ1) is 17.1. The van der Waals surface area contributed by atoms with Crippen LogP contribution in [0.2, 0.25) is 0 Å². The zero-order valence-corrected chi connectivity index (χ0v) is 18.8. The maximum Gasteiger partial charge on any atom is 0.307 e. The molecule has 0 atom stereocenters. The first kappa shape index (κ1) is 21.4. The van der Waals surface area contributed by atoms with Crippen molar-refractivity contribution in [2.75, 3.05) is 31.6 Å². The van der Waals surface area contributed by atoms with Crippen LogP contribution in [0.3, 0.4) is 0 Å². The van der Waals surface area contributed by atoms with Gasteiger partial charge in [-0.1, -0.05) is 0 Å². The number of hydrogen-bond acceptors (Lipinski definition) is 7. The topological polar surface area (TPSA) is 108 Å². The summed E-state index contributed by atoms with van der Waals surface area (Å²) in [4.78, 5) is 42.6. The van der Waals surface area contributed by atoms with Crippen molar-refractivity contribution in [3.8, 4) is 0 Å². The van der Waals surface area contributed by atoms with Crippen molar-refractivity contribution in [3.05, 3.63) is 66.1 Å². The van der Waals surface area contributed by atoms with Crippen LogP contribution in [-0.4, -0.2) is 73.2 Å². The number of hydrazine groups is 1. The van der Waals surface area contributed by atoms with E-state index in [0.717, 1.165) is 13.1 Å². The van der Waals surface area contributed by atoms with Gasteiger partial charge in [0.15, 0.2) is 5.82 Å². The molecule has 35 heavy (non-hydrogen) atoms. The predicted molar refractivity (Wildman–Crippen MR) is 126 cm³/mol. The molecule has 1 saturated carbocycles. The quantitative estimate of drug-likeness (QED) is 0.427. The molecule has 178 valence electrons. The zero-order valence-electron chi connectivity index (χ0n) is 18.8.